The molecule has 0 atom stereocenters. The largest absolute Gasteiger partial charge is 0.497 e. The Labute approximate surface area is 161 Å². The number of ether oxygens (including phenoxy) is 1. The van der Waals surface area contributed by atoms with Gasteiger partial charge in [0.1, 0.15) is 5.75 Å². The van der Waals surface area contributed by atoms with Crippen LogP contribution in [0.5, 0.6) is 5.75 Å². The van der Waals surface area contributed by atoms with Gasteiger partial charge in [-0.3, -0.25) is 4.57 Å². The fourth-order valence-electron chi connectivity index (χ4n) is 2.77. The summed E-state index contributed by atoms with van der Waals surface area (Å²) in [6.45, 7) is 1.81. The molecule has 7 heteroatoms. The molecule has 4 rings (SSSR count). The minimum atomic E-state index is 0.552. The molecule has 0 amide bonds. The Morgan fingerprint density at radius 3 is 2.70 bits per heavy atom. The van der Waals surface area contributed by atoms with Gasteiger partial charge in [0.05, 0.1) is 30.4 Å². The normalized spacial score (nSPS) is 10.9. The van der Waals surface area contributed by atoms with Crippen molar-refractivity contribution in [3.05, 3.63) is 72.5 Å². The molecule has 0 aliphatic rings. The summed E-state index contributed by atoms with van der Waals surface area (Å²) in [5.41, 5.74) is 3.08. The molecule has 0 N–H and O–H groups in total. The van der Waals surface area contributed by atoms with Crippen LogP contribution in [0, 0.1) is 6.92 Å². The van der Waals surface area contributed by atoms with E-state index in [-0.39, 0.29) is 0 Å². The number of nitrogens with zero attached hydrogens (tertiary/aromatic N) is 4. The molecule has 0 fully saturated rings. The molecular weight excluding hydrogens is 360 g/mol. The average Bonchev–Trinajstić information content (AvgIpc) is 3.33. The highest BCUT2D eigenvalue weighted by atomic mass is 32.2. The summed E-state index contributed by atoms with van der Waals surface area (Å²) in [4.78, 5) is 8.91. The van der Waals surface area contributed by atoms with Crippen LogP contribution >= 0.6 is 11.8 Å². The van der Waals surface area contributed by atoms with Crippen molar-refractivity contribution in [2.45, 2.75) is 17.8 Å². The van der Waals surface area contributed by atoms with Gasteiger partial charge >= 0.3 is 0 Å². The molecule has 2 heterocycles. The second-order valence-corrected chi connectivity index (χ2v) is 6.80. The molecule has 2 aromatic carbocycles. The lowest BCUT2D eigenvalue weighted by Crippen LogP contribution is -2.00. The van der Waals surface area contributed by atoms with E-state index in [1.807, 2.05) is 55.6 Å². The first kappa shape index (κ1) is 17.4. The fourth-order valence-corrected chi connectivity index (χ4v) is 3.60. The standard InChI is InChI=1S/C20H18N4O2S/c1-14-22-19(26-23-14)13-27-20-21-12-18(15-7-4-3-5-8-15)24(20)16-9-6-10-17(11-16)25-2/h3-12H,13H2,1-2H3. The first-order chi connectivity index (χ1) is 13.2. The lowest BCUT2D eigenvalue weighted by Gasteiger charge is -2.13. The van der Waals surface area contributed by atoms with Gasteiger partial charge in [0.2, 0.25) is 5.89 Å². The van der Waals surface area contributed by atoms with Crippen molar-refractivity contribution in [3.63, 3.8) is 0 Å². The molecule has 0 aliphatic heterocycles. The molecule has 0 radical (unpaired) electrons. The summed E-state index contributed by atoms with van der Waals surface area (Å²) in [7, 11) is 1.67. The Balaban J connectivity index is 1.75. The van der Waals surface area contributed by atoms with Gasteiger partial charge in [-0.05, 0) is 19.1 Å². The van der Waals surface area contributed by atoms with Crippen molar-refractivity contribution in [3.8, 4) is 22.7 Å². The van der Waals surface area contributed by atoms with Crippen LogP contribution in [0.3, 0.4) is 0 Å². The van der Waals surface area contributed by atoms with Crippen molar-refractivity contribution < 1.29 is 9.26 Å². The monoisotopic (exact) mass is 378 g/mol. The molecule has 136 valence electrons. The molecule has 27 heavy (non-hydrogen) atoms. The number of benzene rings is 2. The number of aryl methyl sites for hydroxylation is 1. The summed E-state index contributed by atoms with van der Waals surface area (Å²) in [5, 5.41) is 4.69. The summed E-state index contributed by atoms with van der Waals surface area (Å²) in [6, 6.07) is 18.1. The van der Waals surface area contributed by atoms with E-state index < -0.39 is 0 Å². The third-order valence-corrected chi connectivity index (χ3v) is 4.94. The van der Waals surface area contributed by atoms with Gasteiger partial charge in [0.25, 0.3) is 0 Å². The van der Waals surface area contributed by atoms with Crippen molar-refractivity contribution in [1.82, 2.24) is 19.7 Å². The molecule has 0 saturated carbocycles. The molecule has 0 bridgehead atoms. The Kier molecular flexibility index (Phi) is 4.93. The quantitative estimate of drug-likeness (QED) is 0.459. The number of hydrogen-bond acceptors (Lipinski definition) is 6. The molecule has 0 unspecified atom stereocenters. The first-order valence-corrected chi connectivity index (χ1v) is 9.43. The van der Waals surface area contributed by atoms with Crippen LogP contribution in [0.4, 0.5) is 0 Å². The van der Waals surface area contributed by atoms with E-state index in [0.29, 0.717) is 17.5 Å². The van der Waals surface area contributed by atoms with E-state index in [1.165, 1.54) is 0 Å². The van der Waals surface area contributed by atoms with Crippen molar-refractivity contribution in [1.29, 1.82) is 0 Å². The Morgan fingerprint density at radius 2 is 1.96 bits per heavy atom. The van der Waals surface area contributed by atoms with E-state index in [0.717, 1.165) is 27.9 Å². The summed E-state index contributed by atoms with van der Waals surface area (Å²) >= 11 is 1.55. The van der Waals surface area contributed by atoms with E-state index in [2.05, 4.69) is 31.8 Å². The summed E-state index contributed by atoms with van der Waals surface area (Å²) < 4.78 is 12.7. The van der Waals surface area contributed by atoms with E-state index >= 15 is 0 Å². The Morgan fingerprint density at radius 1 is 1.11 bits per heavy atom. The van der Waals surface area contributed by atoms with Gasteiger partial charge in [-0.1, -0.05) is 53.3 Å². The maximum Gasteiger partial charge on any atom is 0.237 e. The molecule has 2 aromatic heterocycles. The predicted molar refractivity (Wildman–Crippen MR) is 104 cm³/mol. The number of methoxy groups -OCH3 is 1. The van der Waals surface area contributed by atoms with Crippen LogP contribution in [0.15, 0.2) is 70.5 Å². The third-order valence-electron chi connectivity index (χ3n) is 4.00. The maximum atomic E-state index is 5.40. The lowest BCUT2D eigenvalue weighted by molar-refractivity contribution is 0.387. The highest BCUT2D eigenvalue weighted by molar-refractivity contribution is 7.98. The minimum Gasteiger partial charge on any atom is -0.497 e. The fraction of sp³-hybridized carbons (Fsp3) is 0.150. The number of thioether (sulfide) groups is 1. The highest BCUT2D eigenvalue weighted by Gasteiger charge is 2.16. The molecule has 6 nitrogen and oxygen atoms in total. The predicted octanol–water partition coefficient (Wildman–Crippen LogP) is 4.53. The van der Waals surface area contributed by atoms with Gasteiger partial charge in [0, 0.05) is 11.6 Å². The molecule has 0 spiro atoms. The smallest absolute Gasteiger partial charge is 0.237 e. The number of aromatic nitrogens is 4. The third kappa shape index (κ3) is 3.73. The van der Waals surface area contributed by atoms with Crippen LogP contribution in [-0.4, -0.2) is 26.8 Å². The van der Waals surface area contributed by atoms with E-state index in [1.54, 1.807) is 18.9 Å². The van der Waals surface area contributed by atoms with Crippen molar-refractivity contribution in [2.75, 3.05) is 7.11 Å². The van der Waals surface area contributed by atoms with Crippen LogP contribution < -0.4 is 4.74 Å². The van der Waals surface area contributed by atoms with Gasteiger partial charge in [-0.2, -0.15) is 4.98 Å². The van der Waals surface area contributed by atoms with Crippen LogP contribution in [0.1, 0.15) is 11.7 Å². The van der Waals surface area contributed by atoms with Crippen LogP contribution in [0.2, 0.25) is 0 Å². The molecular formula is C20H18N4O2S. The lowest BCUT2D eigenvalue weighted by atomic mass is 10.1. The van der Waals surface area contributed by atoms with Crippen molar-refractivity contribution >= 4 is 11.8 Å². The van der Waals surface area contributed by atoms with Gasteiger partial charge in [-0.15, -0.1) is 0 Å². The highest BCUT2D eigenvalue weighted by Crippen LogP contribution is 2.32. The van der Waals surface area contributed by atoms with Crippen molar-refractivity contribution in [2.24, 2.45) is 0 Å². The van der Waals surface area contributed by atoms with Gasteiger partial charge in [-0.25, -0.2) is 4.98 Å². The topological polar surface area (TPSA) is 66.0 Å². The van der Waals surface area contributed by atoms with Crippen LogP contribution in [0.25, 0.3) is 16.9 Å². The SMILES string of the molecule is COc1cccc(-n2c(-c3ccccc3)cnc2SCc2nc(C)no2)c1. The molecule has 4 aromatic rings. The first-order valence-electron chi connectivity index (χ1n) is 8.44. The van der Waals surface area contributed by atoms with Crippen LogP contribution in [-0.2, 0) is 5.75 Å². The van der Waals surface area contributed by atoms with E-state index in [9.17, 15) is 0 Å². The zero-order valence-corrected chi connectivity index (χ0v) is 15.8. The Bertz CT molecular complexity index is 1040. The number of hydrogen-bond donors (Lipinski definition) is 0. The number of imidazole rings is 1. The zero-order valence-electron chi connectivity index (χ0n) is 15.0. The average molecular weight is 378 g/mol. The molecule has 0 saturated heterocycles. The summed E-state index contributed by atoms with van der Waals surface area (Å²) in [5.74, 6) is 2.56. The second-order valence-electron chi connectivity index (χ2n) is 5.85. The second kappa shape index (κ2) is 7.67. The summed E-state index contributed by atoms with van der Waals surface area (Å²) in [6.07, 6.45) is 1.89. The number of rotatable bonds is 6. The van der Waals surface area contributed by atoms with Gasteiger partial charge in [0.15, 0.2) is 11.0 Å². The maximum absolute atomic E-state index is 5.40. The minimum absolute atomic E-state index is 0.552. The zero-order chi connectivity index (χ0) is 18.6. The Hall–Kier alpha value is -3.06. The van der Waals surface area contributed by atoms with E-state index in [4.69, 9.17) is 9.26 Å². The molecule has 0 aliphatic carbocycles. The van der Waals surface area contributed by atoms with Gasteiger partial charge < -0.3 is 9.26 Å².